The molecule has 2 saturated heterocycles. The van der Waals surface area contributed by atoms with Crippen LogP contribution in [0.4, 0.5) is 0 Å². The summed E-state index contributed by atoms with van der Waals surface area (Å²) in [7, 11) is -3.63. The van der Waals surface area contributed by atoms with Crippen molar-refractivity contribution >= 4 is 39.3 Å². The molecule has 3 rings (SSSR count). The lowest BCUT2D eigenvalue weighted by molar-refractivity contribution is -0.140. The molecule has 2 aliphatic rings. The van der Waals surface area contributed by atoms with Crippen LogP contribution in [0.25, 0.3) is 0 Å². The predicted molar refractivity (Wildman–Crippen MR) is 115 cm³/mol. The number of halogens is 1. The van der Waals surface area contributed by atoms with Gasteiger partial charge in [-0.15, -0.1) is 0 Å². The number of hydrogen-bond acceptors (Lipinski definition) is 5. The largest absolute Gasteiger partial charge is 0.340 e. The van der Waals surface area contributed by atoms with E-state index in [1.165, 1.54) is 35.5 Å². The molecule has 2 aliphatic heterocycles. The molecule has 2 heterocycles. The molecule has 0 aliphatic carbocycles. The number of carbonyl (C=O) groups excluding carboxylic acids is 3. The number of carbonyl (C=O) groups is 3. The van der Waals surface area contributed by atoms with Gasteiger partial charge in [0.25, 0.3) is 0 Å². The minimum atomic E-state index is -3.63. The molecule has 170 valence electrons. The zero-order valence-corrected chi connectivity index (χ0v) is 19.1. The highest BCUT2D eigenvalue weighted by molar-refractivity contribution is 7.89. The Kier molecular flexibility index (Phi) is 7.55. The lowest BCUT2D eigenvalue weighted by atomic mass is 10.2. The first-order valence-corrected chi connectivity index (χ1v) is 12.1. The van der Waals surface area contributed by atoms with Gasteiger partial charge in [0.1, 0.15) is 0 Å². The van der Waals surface area contributed by atoms with Crippen LogP contribution in [0, 0.1) is 0 Å². The van der Waals surface area contributed by atoms with Gasteiger partial charge in [0.05, 0.1) is 4.90 Å². The fourth-order valence-corrected chi connectivity index (χ4v) is 5.28. The summed E-state index contributed by atoms with van der Waals surface area (Å²) in [5.41, 5.74) is 0. The molecule has 0 atom stereocenters. The van der Waals surface area contributed by atoms with Crippen molar-refractivity contribution < 1.29 is 22.8 Å². The van der Waals surface area contributed by atoms with E-state index in [1.54, 1.807) is 14.7 Å². The first-order chi connectivity index (χ1) is 14.7. The lowest BCUT2D eigenvalue weighted by Crippen LogP contribution is -2.51. The van der Waals surface area contributed by atoms with Crippen molar-refractivity contribution in [1.82, 2.24) is 19.0 Å². The molecule has 3 amide bonds. The van der Waals surface area contributed by atoms with Crippen LogP contribution in [0.15, 0.2) is 29.2 Å². The van der Waals surface area contributed by atoms with E-state index in [-0.39, 0.29) is 61.6 Å². The highest BCUT2D eigenvalue weighted by atomic mass is 35.5. The number of rotatable bonds is 5. The Morgan fingerprint density at radius 3 is 1.65 bits per heavy atom. The second kappa shape index (κ2) is 9.97. The molecule has 9 nitrogen and oxygen atoms in total. The van der Waals surface area contributed by atoms with E-state index in [0.29, 0.717) is 31.2 Å². The van der Waals surface area contributed by atoms with Crippen LogP contribution in [0.2, 0.25) is 5.02 Å². The first-order valence-electron chi connectivity index (χ1n) is 10.3. The van der Waals surface area contributed by atoms with Crippen molar-refractivity contribution in [2.75, 3.05) is 52.4 Å². The molecule has 0 bridgehead atoms. The molecule has 0 radical (unpaired) electrons. The highest BCUT2D eigenvalue weighted by Crippen LogP contribution is 2.20. The molecule has 0 unspecified atom stereocenters. The van der Waals surface area contributed by atoms with Crippen LogP contribution in [0.1, 0.15) is 19.8 Å². The summed E-state index contributed by atoms with van der Waals surface area (Å²) in [6.07, 6.45) is 0.206. The van der Waals surface area contributed by atoms with E-state index >= 15 is 0 Å². The van der Waals surface area contributed by atoms with Crippen LogP contribution in [-0.4, -0.2) is 97.5 Å². The maximum atomic E-state index is 12.7. The monoisotopic (exact) mass is 470 g/mol. The second-order valence-corrected chi connectivity index (χ2v) is 10.0. The van der Waals surface area contributed by atoms with Gasteiger partial charge < -0.3 is 14.7 Å². The molecule has 2 fully saturated rings. The molecule has 0 saturated carbocycles. The highest BCUT2D eigenvalue weighted by Gasteiger charge is 2.30. The fraction of sp³-hybridized carbons (Fsp3) is 0.550. The van der Waals surface area contributed by atoms with Gasteiger partial charge >= 0.3 is 0 Å². The Balaban J connectivity index is 1.44. The van der Waals surface area contributed by atoms with Crippen molar-refractivity contribution in [2.24, 2.45) is 0 Å². The van der Waals surface area contributed by atoms with Gasteiger partial charge in [-0.1, -0.05) is 11.6 Å². The van der Waals surface area contributed by atoms with Crippen molar-refractivity contribution in [3.05, 3.63) is 29.3 Å². The van der Waals surface area contributed by atoms with E-state index in [0.717, 1.165) is 0 Å². The average molecular weight is 471 g/mol. The minimum Gasteiger partial charge on any atom is -0.340 e. The first kappa shape index (κ1) is 23.5. The third-order valence-electron chi connectivity index (χ3n) is 5.67. The summed E-state index contributed by atoms with van der Waals surface area (Å²) in [6, 6.07) is 6.00. The van der Waals surface area contributed by atoms with Gasteiger partial charge in [-0.3, -0.25) is 14.4 Å². The third-order valence-corrected chi connectivity index (χ3v) is 7.84. The van der Waals surface area contributed by atoms with Gasteiger partial charge in [-0.2, -0.15) is 4.31 Å². The molecule has 1 aromatic rings. The van der Waals surface area contributed by atoms with E-state index in [1.807, 2.05) is 0 Å². The summed E-state index contributed by atoms with van der Waals surface area (Å²) in [5.74, 6) is -0.251. The minimum absolute atomic E-state index is 0.000467. The van der Waals surface area contributed by atoms with Crippen molar-refractivity contribution in [3.63, 3.8) is 0 Å². The van der Waals surface area contributed by atoms with Crippen LogP contribution >= 0.6 is 11.6 Å². The molecule has 0 aromatic heterocycles. The Labute approximate surface area is 187 Å². The Morgan fingerprint density at radius 1 is 0.774 bits per heavy atom. The standard InChI is InChI=1S/C20H27ClN4O5S/c1-16(26)22-8-10-23(11-9-22)19(27)6-7-20(28)24-12-14-25(15-13-24)31(29,30)18-4-2-17(21)3-5-18/h2-5H,6-15H2,1H3. The SMILES string of the molecule is CC(=O)N1CCN(C(=O)CCC(=O)N2CCN(S(=O)(=O)c3ccc(Cl)cc3)CC2)CC1. The Hall–Kier alpha value is -2.17. The molecule has 0 N–H and O–H groups in total. The smallest absolute Gasteiger partial charge is 0.243 e. The molecule has 0 spiro atoms. The number of hydrogen-bond donors (Lipinski definition) is 0. The molecular weight excluding hydrogens is 444 g/mol. The summed E-state index contributed by atoms with van der Waals surface area (Å²) < 4.78 is 26.8. The summed E-state index contributed by atoms with van der Waals surface area (Å²) >= 11 is 5.83. The predicted octanol–water partition coefficient (Wildman–Crippen LogP) is 0.644. The number of nitrogens with zero attached hydrogens (tertiary/aromatic N) is 4. The lowest BCUT2D eigenvalue weighted by Gasteiger charge is -2.35. The van der Waals surface area contributed by atoms with Gasteiger partial charge in [0.2, 0.25) is 27.7 Å². The normalized spacial score (nSPS) is 18.2. The zero-order chi connectivity index (χ0) is 22.6. The summed E-state index contributed by atoms with van der Waals surface area (Å²) in [4.78, 5) is 41.4. The maximum Gasteiger partial charge on any atom is 0.243 e. The Morgan fingerprint density at radius 2 is 1.19 bits per heavy atom. The van der Waals surface area contributed by atoms with Crippen molar-refractivity contribution in [1.29, 1.82) is 0 Å². The summed E-state index contributed by atoms with van der Waals surface area (Å²) in [6.45, 7) is 4.49. The second-order valence-electron chi connectivity index (χ2n) is 7.63. The number of benzene rings is 1. The fourth-order valence-electron chi connectivity index (χ4n) is 3.73. The summed E-state index contributed by atoms with van der Waals surface area (Å²) in [5, 5.41) is 0.463. The average Bonchev–Trinajstić information content (AvgIpc) is 2.77. The van der Waals surface area contributed by atoms with Gasteiger partial charge in [-0.05, 0) is 24.3 Å². The number of amides is 3. The third kappa shape index (κ3) is 5.75. The van der Waals surface area contributed by atoms with Crippen LogP contribution < -0.4 is 0 Å². The van der Waals surface area contributed by atoms with Crippen molar-refractivity contribution in [2.45, 2.75) is 24.7 Å². The van der Waals surface area contributed by atoms with E-state index in [9.17, 15) is 22.8 Å². The van der Waals surface area contributed by atoms with E-state index in [4.69, 9.17) is 11.6 Å². The van der Waals surface area contributed by atoms with Gasteiger partial charge in [-0.25, -0.2) is 8.42 Å². The number of sulfonamides is 1. The number of piperazine rings is 2. The van der Waals surface area contributed by atoms with Crippen LogP contribution in [0.5, 0.6) is 0 Å². The van der Waals surface area contributed by atoms with E-state index in [2.05, 4.69) is 0 Å². The van der Waals surface area contributed by atoms with E-state index < -0.39 is 10.0 Å². The molecular formula is C20H27ClN4O5S. The van der Waals surface area contributed by atoms with Gasteiger partial charge in [0.15, 0.2) is 0 Å². The molecule has 1 aromatic carbocycles. The Bertz CT molecular complexity index is 921. The van der Waals surface area contributed by atoms with Gasteiger partial charge in [0, 0.05) is 77.1 Å². The van der Waals surface area contributed by atoms with Crippen molar-refractivity contribution in [3.8, 4) is 0 Å². The topological polar surface area (TPSA) is 98.3 Å². The molecule has 31 heavy (non-hydrogen) atoms. The zero-order valence-electron chi connectivity index (χ0n) is 17.5. The van der Waals surface area contributed by atoms with Crippen LogP contribution in [0.3, 0.4) is 0 Å². The molecule has 11 heteroatoms. The van der Waals surface area contributed by atoms with Crippen LogP contribution in [-0.2, 0) is 24.4 Å². The quantitative estimate of drug-likeness (QED) is 0.629. The maximum absolute atomic E-state index is 12.7.